The third-order valence-electron chi connectivity index (χ3n) is 8.44. The molecule has 4 nitrogen and oxygen atoms in total. The summed E-state index contributed by atoms with van der Waals surface area (Å²) in [6.45, 7) is 5.31. The first kappa shape index (κ1) is 43.6. The summed E-state index contributed by atoms with van der Waals surface area (Å²) in [5.74, 6) is -0.211. The van der Waals surface area contributed by atoms with Crippen molar-refractivity contribution in [3.05, 3.63) is 36.5 Å². The van der Waals surface area contributed by atoms with E-state index in [0.29, 0.717) is 13.0 Å². The van der Waals surface area contributed by atoms with Crippen LogP contribution in [0.3, 0.4) is 0 Å². The highest BCUT2D eigenvalue weighted by Gasteiger charge is 2.13. The van der Waals surface area contributed by atoms with Crippen LogP contribution in [0.4, 0.5) is 0 Å². The molecule has 1 unspecified atom stereocenters. The number of hydrogen-bond donors (Lipinski definition) is 1. The second-order valence-electron chi connectivity index (χ2n) is 13.0. The molecule has 0 aliphatic heterocycles. The average Bonchev–Trinajstić information content (AvgIpc) is 3.05. The van der Waals surface area contributed by atoms with Crippen molar-refractivity contribution < 1.29 is 19.4 Å². The van der Waals surface area contributed by atoms with Crippen molar-refractivity contribution >= 4 is 5.97 Å². The molecular weight excluding hydrogens is 556 g/mol. The number of aliphatic hydroxyl groups is 1. The van der Waals surface area contributed by atoms with E-state index in [2.05, 4.69) is 50.3 Å². The van der Waals surface area contributed by atoms with Crippen molar-refractivity contribution in [3.63, 3.8) is 0 Å². The Balaban J connectivity index is 3.46. The molecule has 0 bridgehead atoms. The highest BCUT2D eigenvalue weighted by molar-refractivity contribution is 5.69. The van der Waals surface area contributed by atoms with E-state index in [-0.39, 0.29) is 19.2 Å². The fourth-order valence-electron chi connectivity index (χ4n) is 5.47. The maximum atomic E-state index is 12.2. The molecule has 0 saturated carbocycles. The van der Waals surface area contributed by atoms with Crippen molar-refractivity contribution in [2.24, 2.45) is 0 Å². The van der Waals surface area contributed by atoms with Crippen molar-refractivity contribution in [2.45, 2.75) is 200 Å². The molecule has 0 rings (SSSR count). The Morgan fingerprint density at radius 1 is 0.533 bits per heavy atom. The Bertz CT molecular complexity index is 668. The lowest BCUT2D eigenvalue weighted by Crippen LogP contribution is -2.27. The minimum atomic E-state index is -0.539. The molecule has 264 valence electrons. The number of carbonyl (C=O) groups excluding carboxylic acids is 1. The van der Waals surface area contributed by atoms with Crippen molar-refractivity contribution in [3.8, 4) is 0 Å². The maximum Gasteiger partial charge on any atom is 0.306 e. The molecule has 0 radical (unpaired) electrons. The van der Waals surface area contributed by atoms with Crippen LogP contribution in [0, 0.1) is 0 Å². The zero-order valence-corrected chi connectivity index (χ0v) is 30.1. The Labute approximate surface area is 280 Å². The lowest BCUT2D eigenvalue weighted by Gasteiger charge is -2.15. The highest BCUT2D eigenvalue weighted by Crippen LogP contribution is 2.12. The molecule has 0 heterocycles. The van der Waals surface area contributed by atoms with Gasteiger partial charge in [0.2, 0.25) is 0 Å². The van der Waals surface area contributed by atoms with Gasteiger partial charge in [-0.05, 0) is 70.6 Å². The number of esters is 1. The van der Waals surface area contributed by atoms with Gasteiger partial charge in [0.15, 0.2) is 0 Å². The first-order valence-electron chi connectivity index (χ1n) is 19.6. The van der Waals surface area contributed by atoms with Crippen LogP contribution in [0.5, 0.6) is 0 Å². The number of rotatable bonds is 36. The third kappa shape index (κ3) is 36.9. The smallest absolute Gasteiger partial charge is 0.306 e. The maximum absolute atomic E-state index is 12.2. The zero-order valence-electron chi connectivity index (χ0n) is 30.1. The SMILES string of the molecule is CCCCCC/C=C\C/C=C\CCCCCCCCCC(=O)OC(CO)COCCCCCCCC/C=C\CCCCCCC. The van der Waals surface area contributed by atoms with E-state index in [1.165, 1.54) is 148 Å². The minimum Gasteiger partial charge on any atom is -0.457 e. The van der Waals surface area contributed by atoms with Gasteiger partial charge in [-0.2, -0.15) is 0 Å². The van der Waals surface area contributed by atoms with E-state index in [4.69, 9.17) is 9.47 Å². The molecule has 0 fully saturated rings. The standard InChI is InChI=1S/C41H76O4/c1-3-5-7-9-11-13-15-17-19-20-21-22-24-26-28-30-32-34-36-41(43)45-40(38-42)39-44-37-35-33-31-29-27-25-23-18-16-14-12-10-8-6-4-2/h13,15-16,18-20,40,42H,3-12,14,17,21-39H2,1-2H3/b15-13-,18-16-,20-19-. The summed E-state index contributed by atoms with van der Waals surface area (Å²) in [6.07, 6.45) is 47.5. The fourth-order valence-corrected chi connectivity index (χ4v) is 5.47. The molecule has 0 amide bonds. The first-order chi connectivity index (χ1) is 22.2. The number of carbonyl (C=O) groups is 1. The van der Waals surface area contributed by atoms with E-state index in [0.717, 1.165) is 25.7 Å². The molecule has 1 atom stereocenters. The molecule has 4 heteroatoms. The van der Waals surface area contributed by atoms with E-state index >= 15 is 0 Å². The van der Waals surface area contributed by atoms with Gasteiger partial charge in [-0.25, -0.2) is 0 Å². The van der Waals surface area contributed by atoms with Gasteiger partial charge in [-0.1, -0.05) is 153 Å². The second kappa shape index (κ2) is 38.8. The van der Waals surface area contributed by atoms with Crippen LogP contribution in [-0.2, 0) is 14.3 Å². The van der Waals surface area contributed by atoms with E-state index in [9.17, 15) is 9.90 Å². The lowest BCUT2D eigenvalue weighted by atomic mass is 10.1. The number of unbranched alkanes of at least 4 members (excludes halogenated alkanes) is 22. The highest BCUT2D eigenvalue weighted by atomic mass is 16.6. The van der Waals surface area contributed by atoms with Crippen LogP contribution < -0.4 is 0 Å². The van der Waals surface area contributed by atoms with Gasteiger partial charge in [0, 0.05) is 13.0 Å². The quantitative estimate of drug-likeness (QED) is 0.0424. The normalized spacial score (nSPS) is 12.7. The van der Waals surface area contributed by atoms with Crippen LogP contribution in [0.15, 0.2) is 36.5 Å². The monoisotopic (exact) mass is 633 g/mol. The molecule has 0 saturated heterocycles. The molecular formula is C41H76O4. The third-order valence-corrected chi connectivity index (χ3v) is 8.44. The van der Waals surface area contributed by atoms with Gasteiger partial charge < -0.3 is 14.6 Å². The number of aliphatic hydroxyl groups excluding tert-OH is 1. The molecule has 0 aliphatic rings. The fraction of sp³-hybridized carbons (Fsp3) is 0.829. The van der Waals surface area contributed by atoms with E-state index in [1.807, 2.05) is 0 Å². The summed E-state index contributed by atoms with van der Waals surface area (Å²) >= 11 is 0. The minimum absolute atomic E-state index is 0.177. The predicted octanol–water partition coefficient (Wildman–Crippen LogP) is 12.5. The first-order valence-corrected chi connectivity index (χ1v) is 19.6. The summed E-state index contributed by atoms with van der Waals surface area (Å²) in [4.78, 5) is 12.2. The van der Waals surface area contributed by atoms with Gasteiger partial charge >= 0.3 is 5.97 Å². The summed E-state index contributed by atoms with van der Waals surface area (Å²) in [5, 5.41) is 9.57. The predicted molar refractivity (Wildman–Crippen MR) is 196 cm³/mol. The van der Waals surface area contributed by atoms with Gasteiger partial charge in [-0.3, -0.25) is 4.79 Å². The Morgan fingerprint density at radius 3 is 1.42 bits per heavy atom. The van der Waals surface area contributed by atoms with Crippen molar-refractivity contribution in [2.75, 3.05) is 19.8 Å². The van der Waals surface area contributed by atoms with Crippen LogP contribution in [-0.4, -0.2) is 37.0 Å². The van der Waals surface area contributed by atoms with E-state index < -0.39 is 6.10 Å². The Hall–Kier alpha value is -1.39. The molecule has 45 heavy (non-hydrogen) atoms. The molecule has 0 aromatic heterocycles. The molecule has 0 aromatic carbocycles. The summed E-state index contributed by atoms with van der Waals surface area (Å²) in [7, 11) is 0. The summed E-state index contributed by atoms with van der Waals surface area (Å²) in [5.41, 5.74) is 0. The number of hydrogen-bond acceptors (Lipinski definition) is 4. The van der Waals surface area contributed by atoms with Gasteiger partial charge in [-0.15, -0.1) is 0 Å². The second-order valence-corrected chi connectivity index (χ2v) is 13.0. The topological polar surface area (TPSA) is 55.8 Å². The average molecular weight is 633 g/mol. The van der Waals surface area contributed by atoms with Crippen LogP contribution in [0.25, 0.3) is 0 Å². The van der Waals surface area contributed by atoms with Crippen LogP contribution in [0.1, 0.15) is 194 Å². The Morgan fingerprint density at radius 2 is 0.933 bits per heavy atom. The summed E-state index contributed by atoms with van der Waals surface area (Å²) in [6, 6.07) is 0. The van der Waals surface area contributed by atoms with Gasteiger partial charge in [0.1, 0.15) is 6.10 Å². The van der Waals surface area contributed by atoms with E-state index in [1.54, 1.807) is 0 Å². The van der Waals surface area contributed by atoms with Crippen LogP contribution >= 0.6 is 0 Å². The molecule has 0 aliphatic carbocycles. The zero-order chi connectivity index (χ0) is 32.7. The van der Waals surface area contributed by atoms with Gasteiger partial charge in [0.05, 0.1) is 13.2 Å². The largest absolute Gasteiger partial charge is 0.457 e. The van der Waals surface area contributed by atoms with Crippen LogP contribution in [0.2, 0.25) is 0 Å². The van der Waals surface area contributed by atoms with Crippen molar-refractivity contribution in [1.29, 1.82) is 0 Å². The molecule has 0 aromatic rings. The molecule has 1 N–H and O–H groups in total. The number of ether oxygens (including phenoxy) is 2. The lowest BCUT2D eigenvalue weighted by molar-refractivity contribution is -0.154. The number of allylic oxidation sites excluding steroid dienone is 6. The summed E-state index contributed by atoms with van der Waals surface area (Å²) < 4.78 is 11.1. The van der Waals surface area contributed by atoms with Crippen molar-refractivity contribution in [1.82, 2.24) is 0 Å². The Kier molecular flexibility index (Phi) is 37.6. The molecule has 0 spiro atoms. The van der Waals surface area contributed by atoms with Gasteiger partial charge in [0.25, 0.3) is 0 Å².